The maximum Gasteiger partial charge on any atom is 0.0622 e. The van der Waals surface area contributed by atoms with Crippen molar-refractivity contribution in [2.45, 2.75) is 44.6 Å². The fourth-order valence-electron chi connectivity index (χ4n) is 2.20. The fraction of sp³-hybridized carbons (Fsp3) is 0.909. The quantitative estimate of drug-likeness (QED) is 0.655. The van der Waals surface area contributed by atoms with E-state index in [0.717, 1.165) is 25.8 Å². The Kier molecular flexibility index (Phi) is 5.58. The lowest BCUT2D eigenvalue weighted by molar-refractivity contribution is 0.215. The summed E-state index contributed by atoms with van der Waals surface area (Å²) in [6.07, 6.45) is 6.24. The first kappa shape index (κ1) is 11.5. The maximum absolute atomic E-state index is 8.77. The third-order valence-electron chi connectivity index (χ3n) is 2.93. The lowest BCUT2D eigenvalue weighted by Gasteiger charge is -2.23. The molecule has 0 aromatic carbocycles. The largest absolute Gasteiger partial charge is 0.396 e. The van der Waals surface area contributed by atoms with Gasteiger partial charge in [0.1, 0.15) is 0 Å². The highest BCUT2D eigenvalue weighted by molar-refractivity contribution is 4.80. The summed E-state index contributed by atoms with van der Waals surface area (Å²) in [4.78, 5) is 2.48. The molecule has 1 aliphatic heterocycles. The van der Waals surface area contributed by atoms with E-state index < -0.39 is 0 Å². The van der Waals surface area contributed by atoms with E-state index >= 15 is 0 Å². The van der Waals surface area contributed by atoms with Gasteiger partial charge >= 0.3 is 0 Å². The van der Waals surface area contributed by atoms with E-state index in [1.165, 1.54) is 19.4 Å². The molecular weight excluding hydrogens is 176 g/mol. The molecule has 1 rings (SSSR count). The molecule has 0 amide bonds. The molecule has 3 heteroatoms. The van der Waals surface area contributed by atoms with Crippen LogP contribution in [0.15, 0.2) is 0 Å². The van der Waals surface area contributed by atoms with Gasteiger partial charge in [-0.25, -0.2) is 0 Å². The normalized spacial score (nSPS) is 22.4. The number of nitrogens with zero attached hydrogens (tertiary/aromatic N) is 2. The predicted octanol–water partition coefficient (Wildman–Crippen LogP) is 1.53. The molecule has 0 radical (unpaired) electrons. The number of hydrogen-bond donors (Lipinski definition) is 1. The number of hydrogen-bond acceptors (Lipinski definition) is 3. The van der Waals surface area contributed by atoms with E-state index in [9.17, 15) is 0 Å². The van der Waals surface area contributed by atoms with Crippen LogP contribution in [0.1, 0.15) is 38.5 Å². The highest BCUT2D eigenvalue weighted by atomic mass is 16.2. The van der Waals surface area contributed by atoms with Crippen molar-refractivity contribution < 1.29 is 5.11 Å². The minimum Gasteiger partial charge on any atom is -0.396 e. The van der Waals surface area contributed by atoms with E-state index in [0.29, 0.717) is 19.1 Å². The van der Waals surface area contributed by atoms with Crippen LogP contribution < -0.4 is 0 Å². The zero-order valence-corrected chi connectivity index (χ0v) is 8.78. The zero-order valence-electron chi connectivity index (χ0n) is 8.78. The Morgan fingerprint density at radius 3 is 3.00 bits per heavy atom. The lowest BCUT2D eigenvalue weighted by atomic mass is 10.1. The van der Waals surface area contributed by atoms with E-state index in [-0.39, 0.29) is 0 Å². The smallest absolute Gasteiger partial charge is 0.0622 e. The molecule has 14 heavy (non-hydrogen) atoms. The van der Waals surface area contributed by atoms with Gasteiger partial charge in [-0.15, -0.1) is 0 Å². The van der Waals surface area contributed by atoms with Crippen LogP contribution >= 0.6 is 0 Å². The fourth-order valence-corrected chi connectivity index (χ4v) is 2.20. The van der Waals surface area contributed by atoms with E-state index in [2.05, 4.69) is 11.0 Å². The second-order valence-corrected chi connectivity index (χ2v) is 3.96. The highest BCUT2D eigenvalue weighted by Gasteiger charge is 2.22. The van der Waals surface area contributed by atoms with Gasteiger partial charge in [0.2, 0.25) is 0 Å². The summed E-state index contributed by atoms with van der Waals surface area (Å²) in [5, 5.41) is 17.2. The monoisotopic (exact) mass is 196 g/mol. The van der Waals surface area contributed by atoms with Crippen molar-refractivity contribution in [2.75, 3.05) is 19.7 Å². The van der Waals surface area contributed by atoms with Gasteiger partial charge in [-0.2, -0.15) is 5.26 Å². The molecule has 0 spiro atoms. The molecule has 1 N–H and O–H groups in total. The Bertz CT molecular complexity index is 188. The van der Waals surface area contributed by atoms with Crippen molar-refractivity contribution in [1.82, 2.24) is 4.90 Å². The van der Waals surface area contributed by atoms with Gasteiger partial charge in [0.05, 0.1) is 6.07 Å². The minimum absolute atomic E-state index is 0.308. The average molecular weight is 196 g/mol. The second-order valence-electron chi connectivity index (χ2n) is 3.96. The summed E-state index contributed by atoms with van der Waals surface area (Å²) in [6, 6.07) is 2.85. The predicted molar refractivity (Wildman–Crippen MR) is 55.8 cm³/mol. The molecule has 1 heterocycles. The summed E-state index contributed by atoms with van der Waals surface area (Å²) in [5.74, 6) is 0. The molecule has 0 saturated carbocycles. The summed E-state index contributed by atoms with van der Waals surface area (Å²) < 4.78 is 0. The first-order valence-corrected chi connectivity index (χ1v) is 5.60. The molecule has 0 aliphatic carbocycles. The molecule has 80 valence electrons. The first-order chi connectivity index (χ1) is 6.88. The molecule has 1 fully saturated rings. The third-order valence-corrected chi connectivity index (χ3v) is 2.93. The van der Waals surface area contributed by atoms with Crippen molar-refractivity contribution in [3.05, 3.63) is 0 Å². The van der Waals surface area contributed by atoms with E-state index in [1.54, 1.807) is 0 Å². The summed E-state index contributed by atoms with van der Waals surface area (Å²) in [7, 11) is 0. The first-order valence-electron chi connectivity index (χ1n) is 5.60. The SMILES string of the molecule is N#CCCCN1CCCC1CCCO. The van der Waals surface area contributed by atoms with Gasteiger partial charge in [0, 0.05) is 19.1 Å². The molecule has 0 aromatic rings. The minimum atomic E-state index is 0.308. The van der Waals surface area contributed by atoms with E-state index in [1.807, 2.05) is 0 Å². The zero-order chi connectivity index (χ0) is 10.2. The standard InChI is InChI=1S/C11H20N2O/c12-7-1-2-8-13-9-3-5-11(13)6-4-10-14/h11,14H,1-6,8-10H2. The second kappa shape index (κ2) is 6.80. The van der Waals surface area contributed by atoms with Crippen molar-refractivity contribution in [2.24, 2.45) is 0 Å². The van der Waals surface area contributed by atoms with Crippen molar-refractivity contribution in [1.29, 1.82) is 5.26 Å². The summed E-state index contributed by atoms with van der Waals surface area (Å²) >= 11 is 0. The van der Waals surface area contributed by atoms with Crippen LogP contribution in [0.5, 0.6) is 0 Å². The van der Waals surface area contributed by atoms with Crippen LogP contribution in [0.4, 0.5) is 0 Å². The topological polar surface area (TPSA) is 47.3 Å². The summed E-state index contributed by atoms with van der Waals surface area (Å²) in [5.41, 5.74) is 0. The van der Waals surface area contributed by atoms with Gasteiger partial charge in [-0.3, -0.25) is 0 Å². The van der Waals surface area contributed by atoms with Crippen LogP contribution in [-0.2, 0) is 0 Å². The van der Waals surface area contributed by atoms with Gasteiger partial charge in [-0.1, -0.05) is 0 Å². The van der Waals surface area contributed by atoms with Gasteiger partial charge in [0.25, 0.3) is 0 Å². The van der Waals surface area contributed by atoms with Crippen LogP contribution in [0.3, 0.4) is 0 Å². The molecule has 1 atom stereocenters. The molecule has 1 aliphatic rings. The van der Waals surface area contributed by atoms with E-state index in [4.69, 9.17) is 10.4 Å². The van der Waals surface area contributed by atoms with Crippen molar-refractivity contribution in [3.63, 3.8) is 0 Å². The lowest BCUT2D eigenvalue weighted by Crippen LogP contribution is -2.30. The molecule has 3 nitrogen and oxygen atoms in total. The van der Waals surface area contributed by atoms with Crippen LogP contribution in [-0.4, -0.2) is 35.7 Å². The highest BCUT2D eigenvalue weighted by Crippen LogP contribution is 2.21. The Balaban J connectivity index is 2.18. The van der Waals surface area contributed by atoms with Gasteiger partial charge in [-0.05, 0) is 45.2 Å². The van der Waals surface area contributed by atoms with Gasteiger partial charge in [0.15, 0.2) is 0 Å². The Hall–Kier alpha value is -0.590. The maximum atomic E-state index is 8.77. The van der Waals surface area contributed by atoms with Crippen LogP contribution in [0, 0.1) is 11.3 Å². The molecule has 1 saturated heterocycles. The van der Waals surface area contributed by atoms with Crippen molar-refractivity contribution in [3.8, 4) is 6.07 Å². The Labute approximate surface area is 86.3 Å². The number of unbranched alkanes of at least 4 members (excludes halogenated alkanes) is 1. The molecule has 0 aromatic heterocycles. The van der Waals surface area contributed by atoms with Crippen LogP contribution in [0.25, 0.3) is 0 Å². The molecule has 0 bridgehead atoms. The molecule has 1 unspecified atom stereocenters. The number of rotatable bonds is 6. The number of aliphatic hydroxyl groups excluding tert-OH is 1. The third kappa shape index (κ3) is 3.65. The molecular formula is C11H20N2O. The number of likely N-dealkylation sites (tertiary alicyclic amines) is 1. The Morgan fingerprint density at radius 2 is 2.29 bits per heavy atom. The van der Waals surface area contributed by atoms with Crippen molar-refractivity contribution >= 4 is 0 Å². The Morgan fingerprint density at radius 1 is 1.43 bits per heavy atom. The summed E-state index contributed by atoms with van der Waals surface area (Å²) in [6.45, 7) is 2.55. The average Bonchev–Trinajstić information content (AvgIpc) is 2.63. The van der Waals surface area contributed by atoms with Gasteiger partial charge < -0.3 is 10.0 Å². The van der Waals surface area contributed by atoms with Crippen LogP contribution in [0.2, 0.25) is 0 Å². The number of nitriles is 1. The number of aliphatic hydroxyl groups is 1.